The number of aromatic nitrogens is 3. The molecule has 0 saturated carbocycles. The van der Waals surface area contributed by atoms with Gasteiger partial charge in [0.15, 0.2) is 5.82 Å². The number of para-hydroxylation sites is 1. The lowest BCUT2D eigenvalue weighted by atomic mass is 10.2. The van der Waals surface area contributed by atoms with Crippen molar-refractivity contribution in [2.75, 3.05) is 5.32 Å². The van der Waals surface area contributed by atoms with Crippen LogP contribution in [0.25, 0.3) is 5.69 Å². The van der Waals surface area contributed by atoms with Crippen LogP contribution in [-0.2, 0) is 11.2 Å². The summed E-state index contributed by atoms with van der Waals surface area (Å²) in [5, 5.41) is 7.10. The van der Waals surface area contributed by atoms with Crippen molar-refractivity contribution in [3.8, 4) is 5.69 Å². The third-order valence-corrected chi connectivity index (χ3v) is 2.95. The molecule has 0 atom stereocenters. The Labute approximate surface area is 122 Å². The summed E-state index contributed by atoms with van der Waals surface area (Å²) in [5.41, 5.74) is 1.68. The molecule has 5 nitrogen and oxygen atoms in total. The molecular formula is C16H14N4O. The van der Waals surface area contributed by atoms with Crippen molar-refractivity contribution in [1.29, 1.82) is 0 Å². The van der Waals surface area contributed by atoms with E-state index in [0.29, 0.717) is 5.82 Å². The second kappa shape index (κ2) is 6.00. The molecule has 0 fully saturated rings. The molecule has 0 radical (unpaired) electrons. The van der Waals surface area contributed by atoms with Gasteiger partial charge in [0.2, 0.25) is 5.91 Å². The molecule has 0 aliphatic carbocycles. The van der Waals surface area contributed by atoms with Crippen LogP contribution in [0, 0.1) is 0 Å². The topological polar surface area (TPSA) is 59.8 Å². The molecule has 1 N–H and O–H groups in total. The van der Waals surface area contributed by atoms with E-state index in [1.807, 2.05) is 54.7 Å². The Bertz CT molecular complexity index is 722. The van der Waals surface area contributed by atoms with E-state index in [1.165, 1.54) is 0 Å². The van der Waals surface area contributed by atoms with Crippen molar-refractivity contribution in [2.24, 2.45) is 0 Å². The molecule has 5 heteroatoms. The van der Waals surface area contributed by atoms with E-state index >= 15 is 0 Å². The van der Waals surface area contributed by atoms with Gasteiger partial charge in [-0.2, -0.15) is 5.10 Å². The van der Waals surface area contributed by atoms with Gasteiger partial charge in [0.1, 0.15) is 0 Å². The molecule has 3 rings (SSSR count). The van der Waals surface area contributed by atoms with Crippen LogP contribution in [0.5, 0.6) is 0 Å². The van der Waals surface area contributed by atoms with E-state index in [0.717, 1.165) is 11.4 Å². The first-order valence-corrected chi connectivity index (χ1v) is 6.62. The van der Waals surface area contributed by atoms with Gasteiger partial charge in [-0.05, 0) is 24.3 Å². The number of nitrogens with zero attached hydrogens (tertiary/aromatic N) is 3. The number of carbonyl (C=O) groups is 1. The summed E-state index contributed by atoms with van der Waals surface area (Å²) in [6, 6.07) is 17.0. The number of carbonyl (C=O) groups excluding carboxylic acids is 1. The summed E-state index contributed by atoms with van der Waals surface area (Å²) in [7, 11) is 0. The number of amides is 1. The van der Waals surface area contributed by atoms with Gasteiger partial charge >= 0.3 is 0 Å². The predicted molar refractivity (Wildman–Crippen MR) is 80.1 cm³/mol. The fourth-order valence-corrected chi connectivity index (χ4v) is 1.97. The second-order valence-electron chi connectivity index (χ2n) is 4.53. The standard InChI is InChI=1S/C16H14N4O/c21-16(12-13-6-4-5-10-17-13)18-15-9-11-20(19-15)14-7-2-1-3-8-14/h1-11H,12H2,(H,18,19,21). The van der Waals surface area contributed by atoms with E-state index in [4.69, 9.17) is 0 Å². The van der Waals surface area contributed by atoms with Crippen LogP contribution in [0.3, 0.4) is 0 Å². The molecule has 1 amide bonds. The quantitative estimate of drug-likeness (QED) is 0.797. The van der Waals surface area contributed by atoms with Crippen molar-refractivity contribution < 1.29 is 4.79 Å². The van der Waals surface area contributed by atoms with Crippen LogP contribution in [0.15, 0.2) is 67.0 Å². The molecule has 21 heavy (non-hydrogen) atoms. The lowest BCUT2D eigenvalue weighted by molar-refractivity contribution is -0.115. The minimum atomic E-state index is -0.132. The third kappa shape index (κ3) is 3.33. The lowest BCUT2D eigenvalue weighted by Crippen LogP contribution is -2.15. The first-order chi connectivity index (χ1) is 10.3. The molecule has 2 aromatic heterocycles. The summed E-state index contributed by atoms with van der Waals surface area (Å²) in [5.74, 6) is 0.395. The van der Waals surface area contributed by atoms with Gasteiger partial charge in [0, 0.05) is 24.2 Å². The van der Waals surface area contributed by atoms with Crippen LogP contribution in [0.2, 0.25) is 0 Å². The number of benzene rings is 1. The van der Waals surface area contributed by atoms with E-state index in [1.54, 1.807) is 16.9 Å². The lowest BCUT2D eigenvalue weighted by Gasteiger charge is -2.02. The predicted octanol–water partition coefficient (Wildman–Crippen LogP) is 2.45. The van der Waals surface area contributed by atoms with Gasteiger partial charge in [-0.15, -0.1) is 0 Å². The molecule has 3 aromatic rings. The summed E-state index contributed by atoms with van der Waals surface area (Å²) in [6.45, 7) is 0. The average molecular weight is 278 g/mol. The molecule has 2 heterocycles. The van der Waals surface area contributed by atoms with Gasteiger partial charge in [-0.3, -0.25) is 9.78 Å². The van der Waals surface area contributed by atoms with E-state index in [9.17, 15) is 4.79 Å². The minimum absolute atomic E-state index is 0.132. The zero-order valence-electron chi connectivity index (χ0n) is 11.3. The maximum atomic E-state index is 11.9. The van der Waals surface area contributed by atoms with Crippen LogP contribution in [0.1, 0.15) is 5.69 Å². The normalized spacial score (nSPS) is 10.3. The molecule has 104 valence electrons. The SMILES string of the molecule is O=C(Cc1ccccn1)Nc1ccn(-c2ccccc2)n1. The van der Waals surface area contributed by atoms with E-state index in [-0.39, 0.29) is 12.3 Å². The zero-order valence-corrected chi connectivity index (χ0v) is 11.3. The van der Waals surface area contributed by atoms with E-state index < -0.39 is 0 Å². The monoisotopic (exact) mass is 278 g/mol. The molecule has 0 spiro atoms. The zero-order chi connectivity index (χ0) is 14.5. The highest BCUT2D eigenvalue weighted by atomic mass is 16.1. The molecule has 0 aliphatic rings. The van der Waals surface area contributed by atoms with Crippen LogP contribution >= 0.6 is 0 Å². The maximum absolute atomic E-state index is 11.9. The number of pyridine rings is 1. The van der Waals surface area contributed by atoms with Crippen molar-refractivity contribution >= 4 is 11.7 Å². The van der Waals surface area contributed by atoms with Gasteiger partial charge in [0.25, 0.3) is 0 Å². The highest BCUT2D eigenvalue weighted by molar-refractivity contribution is 5.91. The number of nitrogens with one attached hydrogen (secondary N) is 1. The Kier molecular flexibility index (Phi) is 3.73. The van der Waals surface area contributed by atoms with Crippen molar-refractivity contribution in [1.82, 2.24) is 14.8 Å². The Hall–Kier alpha value is -2.95. The molecule has 0 aliphatic heterocycles. The summed E-state index contributed by atoms with van der Waals surface area (Å²) in [6.07, 6.45) is 3.72. The molecular weight excluding hydrogens is 264 g/mol. The smallest absolute Gasteiger partial charge is 0.231 e. The maximum Gasteiger partial charge on any atom is 0.231 e. The third-order valence-electron chi connectivity index (χ3n) is 2.95. The number of rotatable bonds is 4. The highest BCUT2D eigenvalue weighted by Gasteiger charge is 2.07. The van der Waals surface area contributed by atoms with Gasteiger partial charge in [-0.25, -0.2) is 4.68 Å². The first kappa shape index (κ1) is 13.1. The summed E-state index contributed by atoms with van der Waals surface area (Å²) >= 11 is 0. The molecule has 0 unspecified atom stereocenters. The van der Waals surface area contributed by atoms with Crippen LogP contribution < -0.4 is 5.32 Å². The average Bonchev–Trinajstić information content (AvgIpc) is 2.97. The van der Waals surface area contributed by atoms with Gasteiger partial charge in [-0.1, -0.05) is 24.3 Å². The van der Waals surface area contributed by atoms with Gasteiger partial charge < -0.3 is 5.32 Å². The van der Waals surface area contributed by atoms with E-state index in [2.05, 4.69) is 15.4 Å². The Morgan fingerprint density at radius 2 is 1.86 bits per heavy atom. The highest BCUT2D eigenvalue weighted by Crippen LogP contribution is 2.10. The van der Waals surface area contributed by atoms with Crippen molar-refractivity contribution in [3.63, 3.8) is 0 Å². The second-order valence-corrected chi connectivity index (χ2v) is 4.53. The van der Waals surface area contributed by atoms with Crippen LogP contribution in [-0.4, -0.2) is 20.7 Å². The summed E-state index contributed by atoms with van der Waals surface area (Å²) < 4.78 is 1.72. The molecule has 0 saturated heterocycles. The largest absolute Gasteiger partial charge is 0.309 e. The fourth-order valence-electron chi connectivity index (χ4n) is 1.97. The Balaban J connectivity index is 1.66. The summed E-state index contributed by atoms with van der Waals surface area (Å²) in [4.78, 5) is 16.1. The number of anilines is 1. The molecule has 1 aromatic carbocycles. The van der Waals surface area contributed by atoms with Crippen LogP contribution in [0.4, 0.5) is 5.82 Å². The Morgan fingerprint density at radius 3 is 2.62 bits per heavy atom. The van der Waals surface area contributed by atoms with Crippen molar-refractivity contribution in [2.45, 2.75) is 6.42 Å². The number of hydrogen-bond acceptors (Lipinski definition) is 3. The van der Waals surface area contributed by atoms with Crippen molar-refractivity contribution in [3.05, 3.63) is 72.7 Å². The fraction of sp³-hybridized carbons (Fsp3) is 0.0625. The first-order valence-electron chi connectivity index (χ1n) is 6.62. The Morgan fingerprint density at radius 1 is 1.05 bits per heavy atom. The van der Waals surface area contributed by atoms with Gasteiger partial charge in [0.05, 0.1) is 12.1 Å². The number of hydrogen-bond donors (Lipinski definition) is 1. The minimum Gasteiger partial charge on any atom is -0.309 e. The molecule has 0 bridgehead atoms.